The third-order valence-corrected chi connectivity index (χ3v) is 4.60. The molecule has 0 bridgehead atoms. The fourth-order valence-electron chi connectivity index (χ4n) is 2.33. The highest BCUT2D eigenvalue weighted by Crippen LogP contribution is 2.42. The lowest BCUT2D eigenvalue weighted by Gasteiger charge is -2.58. The SMILES string of the molecule is CC1(C)CCCC(C)(C)[N+]1(C)C. The van der Waals surface area contributed by atoms with Crippen molar-refractivity contribution in [3.8, 4) is 0 Å². The summed E-state index contributed by atoms with van der Waals surface area (Å²) in [5.74, 6) is 0. The molecular weight excluding hydrogens is 146 g/mol. The minimum absolute atomic E-state index is 0.446. The summed E-state index contributed by atoms with van der Waals surface area (Å²) in [6, 6.07) is 0. The highest BCUT2D eigenvalue weighted by atomic mass is 15.4. The molecule has 1 heterocycles. The molecule has 1 aliphatic rings. The van der Waals surface area contributed by atoms with Gasteiger partial charge in [0.1, 0.15) is 0 Å². The summed E-state index contributed by atoms with van der Waals surface area (Å²) >= 11 is 0. The smallest absolute Gasteiger partial charge is 0.0935 e. The Hall–Kier alpha value is -0.0400. The average molecular weight is 170 g/mol. The van der Waals surface area contributed by atoms with Gasteiger partial charge < -0.3 is 4.48 Å². The van der Waals surface area contributed by atoms with Crippen molar-refractivity contribution in [2.75, 3.05) is 14.1 Å². The molecule has 12 heavy (non-hydrogen) atoms. The minimum Gasteiger partial charge on any atom is -0.320 e. The Bertz CT molecular complexity index is 159. The van der Waals surface area contributed by atoms with E-state index in [1.807, 2.05) is 0 Å². The van der Waals surface area contributed by atoms with Crippen molar-refractivity contribution in [1.82, 2.24) is 0 Å². The summed E-state index contributed by atoms with van der Waals surface area (Å²) in [4.78, 5) is 0. The Labute approximate surface area is 77.4 Å². The molecule has 0 radical (unpaired) electrons. The van der Waals surface area contributed by atoms with Crippen LogP contribution >= 0.6 is 0 Å². The molecule has 1 aliphatic heterocycles. The van der Waals surface area contributed by atoms with Gasteiger partial charge in [-0.1, -0.05) is 0 Å². The van der Waals surface area contributed by atoms with E-state index in [9.17, 15) is 0 Å². The molecule has 0 unspecified atom stereocenters. The van der Waals surface area contributed by atoms with Gasteiger partial charge in [0.05, 0.1) is 25.2 Å². The van der Waals surface area contributed by atoms with E-state index in [4.69, 9.17) is 0 Å². The van der Waals surface area contributed by atoms with Gasteiger partial charge in [-0.15, -0.1) is 0 Å². The molecule has 1 nitrogen and oxygen atoms in total. The Morgan fingerprint density at radius 3 is 1.42 bits per heavy atom. The minimum atomic E-state index is 0.446. The third-order valence-electron chi connectivity index (χ3n) is 4.60. The summed E-state index contributed by atoms with van der Waals surface area (Å²) in [5.41, 5.74) is 0.892. The van der Waals surface area contributed by atoms with E-state index in [0.29, 0.717) is 11.1 Å². The number of piperidine rings is 1. The molecular formula is C11H24N+. The van der Waals surface area contributed by atoms with Crippen LogP contribution in [-0.2, 0) is 0 Å². The van der Waals surface area contributed by atoms with Crippen LogP contribution in [0.2, 0.25) is 0 Å². The van der Waals surface area contributed by atoms with Gasteiger partial charge in [0.2, 0.25) is 0 Å². The maximum atomic E-state index is 2.40. The van der Waals surface area contributed by atoms with Crippen LogP contribution in [0.1, 0.15) is 47.0 Å². The van der Waals surface area contributed by atoms with Crippen LogP contribution in [0.15, 0.2) is 0 Å². The average Bonchev–Trinajstić information content (AvgIpc) is 1.83. The second kappa shape index (κ2) is 2.47. The van der Waals surface area contributed by atoms with Crippen LogP contribution in [0, 0.1) is 0 Å². The summed E-state index contributed by atoms with van der Waals surface area (Å²) in [6.07, 6.45) is 4.12. The first-order chi connectivity index (χ1) is 5.21. The predicted molar refractivity (Wildman–Crippen MR) is 54.1 cm³/mol. The number of likely N-dealkylation sites (tertiary alicyclic amines) is 1. The molecule has 1 rings (SSSR count). The van der Waals surface area contributed by atoms with Gasteiger partial charge in [-0.3, -0.25) is 0 Å². The van der Waals surface area contributed by atoms with Crippen molar-refractivity contribution in [1.29, 1.82) is 0 Å². The fraction of sp³-hybridized carbons (Fsp3) is 1.00. The maximum Gasteiger partial charge on any atom is 0.0935 e. The molecule has 0 atom stereocenters. The molecule has 1 saturated heterocycles. The van der Waals surface area contributed by atoms with Crippen LogP contribution in [0.3, 0.4) is 0 Å². The number of quaternary nitrogens is 1. The molecule has 0 aromatic heterocycles. The van der Waals surface area contributed by atoms with E-state index in [1.54, 1.807) is 0 Å². The van der Waals surface area contributed by atoms with Crippen LogP contribution in [0.5, 0.6) is 0 Å². The predicted octanol–water partition coefficient (Wildman–Crippen LogP) is 2.80. The molecule has 72 valence electrons. The normalized spacial score (nSPS) is 31.5. The van der Waals surface area contributed by atoms with Crippen LogP contribution in [-0.4, -0.2) is 29.7 Å². The molecule has 0 aromatic carbocycles. The molecule has 0 aliphatic carbocycles. The van der Waals surface area contributed by atoms with Gasteiger partial charge >= 0.3 is 0 Å². The van der Waals surface area contributed by atoms with Crippen molar-refractivity contribution < 1.29 is 4.48 Å². The molecule has 0 N–H and O–H groups in total. The second-order valence-corrected chi connectivity index (χ2v) is 5.93. The Balaban J connectivity index is 2.99. The van der Waals surface area contributed by atoms with Crippen molar-refractivity contribution >= 4 is 0 Å². The third kappa shape index (κ3) is 1.19. The highest BCUT2D eigenvalue weighted by molar-refractivity contribution is 4.84. The van der Waals surface area contributed by atoms with E-state index in [2.05, 4.69) is 41.8 Å². The monoisotopic (exact) mass is 170 g/mol. The fourth-order valence-corrected chi connectivity index (χ4v) is 2.33. The first-order valence-electron chi connectivity index (χ1n) is 5.05. The summed E-state index contributed by atoms with van der Waals surface area (Å²) in [6.45, 7) is 9.59. The van der Waals surface area contributed by atoms with Gasteiger partial charge in [-0.05, 0) is 34.1 Å². The lowest BCUT2D eigenvalue weighted by Crippen LogP contribution is -2.68. The summed E-state index contributed by atoms with van der Waals surface area (Å²) < 4.78 is 1.15. The van der Waals surface area contributed by atoms with E-state index < -0.39 is 0 Å². The quantitative estimate of drug-likeness (QED) is 0.490. The standard InChI is InChI=1S/C11H24N/c1-10(2)8-7-9-11(3,4)12(10,5)6/h7-9H2,1-6H3/q+1. The number of nitrogens with zero attached hydrogens (tertiary/aromatic N) is 1. The van der Waals surface area contributed by atoms with Crippen LogP contribution in [0.4, 0.5) is 0 Å². The second-order valence-electron chi connectivity index (χ2n) is 5.93. The zero-order valence-electron chi connectivity index (χ0n) is 9.57. The van der Waals surface area contributed by atoms with Gasteiger partial charge in [-0.25, -0.2) is 0 Å². The first kappa shape index (κ1) is 10.0. The highest BCUT2D eigenvalue weighted by Gasteiger charge is 2.50. The molecule has 0 spiro atoms. The zero-order chi connectivity index (χ0) is 9.62. The first-order valence-corrected chi connectivity index (χ1v) is 5.05. The van der Waals surface area contributed by atoms with Crippen molar-refractivity contribution in [3.63, 3.8) is 0 Å². The van der Waals surface area contributed by atoms with Crippen molar-refractivity contribution in [2.45, 2.75) is 58.0 Å². The van der Waals surface area contributed by atoms with Gasteiger partial charge in [-0.2, -0.15) is 0 Å². The van der Waals surface area contributed by atoms with Crippen LogP contribution < -0.4 is 0 Å². The Kier molecular flexibility index (Phi) is 2.07. The Morgan fingerprint density at radius 1 is 0.833 bits per heavy atom. The largest absolute Gasteiger partial charge is 0.320 e. The molecule has 1 fully saturated rings. The van der Waals surface area contributed by atoms with E-state index in [-0.39, 0.29) is 0 Å². The van der Waals surface area contributed by atoms with E-state index in [0.717, 1.165) is 4.48 Å². The van der Waals surface area contributed by atoms with E-state index >= 15 is 0 Å². The van der Waals surface area contributed by atoms with E-state index in [1.165, 1.54) is 19.3 Å². The summed E-state index contributed by atoms with van der Waals surface area (Å²) in [5, 5.41) is 0. The van der Waals surface area contributed by atoms with Gasteiger partial charge in [0, 0.05) is 12.8 Å². The maximum absolute atomic E-state index is 2.40. The van der Waals surface area contributed by atoms with Crippen molar-refractivity contribution in [3.05, 3.63) is 0 Å². The molecule has 0 aromatic rings. The summed E-state index contributed by atoms with van der Waals surface area (Å²) in [7, 11) is 4.75. The van der Waals surface area contributed by atoms with Crippen LogP contribution in [0.25, 0.3) is 0 Å². The molecule has 0 saturated carbocycles. The number of hydrogen-bond acceptors (Lipinski definition) is 0. The number of rotatable bonds is 0. The van der Waals surface area contributed by atoms with Gasteiger partial charge in [0.25, 0.3) is 0 Å². The lowest BCUT2D eigenvalue weighted by molar-refractivity contribution is -0.987. The lowest BCUT2D eigenvalue weighted by atomic mass is 9.78. The zero-order valence-corrected chi connectivity index (χ0v) is 9.57. The topological polar surface area (TPSA) is 0 Å². The number of hydrogen-bond donors (Lipinski definition) is 0. The molecule has 1 heteroatoms. The van der Waals surface area contributed by atoms with Gasteiger partial charge in [0.15, 0.2) is 0 Å². The van der Waals surface area contributed by atoms with Crippen molar-refractivity contribution in [2.24, 2.45) is 0 Å². The Morgan fingerprint density at radius 2 is 1.17 bits per heavy atom. The molecule has 0 amide bonds.